The van der Waals surface area contributed by atoms with Crippen molar-refractivity contribution >= 4 is 29.9 Å². The third-order valence-corrected chi connectivity index (χ3v) is 4.84. The summed E-state index contributed by atoms with van der Waals surface area (Å²) in [6.45, 7) is 12.9. The summed E-state index contributed by atoms with van der Waals surface area (Å²) in [6, 6.07) is 9.97. The molecule has 0 radical (unpaired) electrons. The van der Waals surface area contributed by atoms with E-state index >= 15 is 0 Å². The summed E-state index contributed by atoms with van der Waals surface area (Å²) >= 11 is 0. The van der Waals surface area contributed by atoms with Gasteiger partial charge in [0.15, 0.2) is 5.96 Å². The van der Waals surface area contributed by atoms with Gasteiger partial charge in [-0.3, -0.25) is 4.99 Å². The topological polar surface area (TPSA) is 40.1 Å². The average molecular weight is 474 g/mol. The van der Waals surface area contributed by atoms with Crippen LogP contribution < -0.4 is 10.1 Å². The summed E-state index contributed by atoms with van der Waals surface area (Å²) in [5.74, 6) is 2.63. The SMILES string of the molecule is CCN(CC)CC1CCN(C(=NC)NCC(C)Oc2ccccc2)C1.I. The molecule has 26 heavy (non-hydrogen) atoms. The van der Waals surface area contributed by atoms with Gasteiger partial charge in [-0.05, 0) is 44.5 Å². The minimum Gasteiger partial charge on any atom is -0.489 e. The van der Waals surface area contributed by atoms with Crippen molar-refractivity contribution < 1.29 is 4.74 Å². The third kappa shape index (κ3) is 7.31. The number of halogens is 1. The second kappa shape index (κ2) is 12.4. The predicted octanol–water partition coefficient (Wildman–Crippen LogP) is 3.31. The quantitative estimate of drug-likeness (QED) is 0.357. The molecule has 2 rings (SSSR count). The largest absolute Gasteiger partial charge is 0.489 e. The van der Waals surface area contributed by atoms with Gasteiger partial charge in [0.25, 0.3) is 0 Å². The molecule has 1 fully saturated rings. The highest BCUT2D eigenvalue weighted by atomic mass is 127. The molecule has 2 unspecified atom stereocenters. The maximum Gasteiger partial charge on any atom is 0.193 e. The Morgan fingerprint density at radius 2 is 2.00 bits per heavy atom. The number of guanidine groups is 1. The first kappa shape index (κ1) is 23.0. The van der Waals surface area contributed by atoms with Crippen molar-refractivity contribution in [3.63, 3.8) is 0 Å². The van der Waals surface area contributed by atoms with Gasteiger partial charge in [0.05, 0.1) is 6.54 Å². The summed E-state index contributed by atoms with van der Waals surface area (Å²) in [5, 5.41) is 3.47. The maximum absolute atomic E-state index is 5.93. The lowest BCUT2D eigenvalue weighted by molar-refractivity contribution is 0.222. The number of nitrogens with zero attached hydrogens (tertiary/aromatic N) is 3. The molecule has 0 amide bonds. The van der Waals surface area contributed by atoms with Gasteiger partial charge in [-0.2, -0.15) is 0 Å². The highest BCUT2D eigenvalue weighted by molar-refractivity contribution is 14.0. The molecule has 0 saturated carbocycles. The number of ether oxygens (including phenoxy) is 1. The second-order valence-electron chi connectivity index (χ2n) is 6.76. The van der Waals surface area contributed by atoms with Crippen molar-refractivity contribution in [3.05, 3.63) is 30.3 Å². The maximum atomic E-state index is 5.93. The van der Waals surface area contributed by atoms with Crippen LogP contribution >= 0.6 is 24.0 Å². The second-order valence-corrected chi connectivity index (χ2v) is 6.76. The molecular formula is C20H35IN4O. The molecular weight excluding hydrogens is 439 g/mol. The van der Waals surface area contributed by atoms with Crippen LogP contribution in [0.15, 0.2) is 35.3 Å². The normalized spacial score (nSPS) is 18.6. The minimum absolute atomic E-state index is 0. The smallest absolute Gasteiger partial charge is 0.193 e. The Morgan fingerprint density at radius 1 is 1.31 bits per heavy atom. The first-order valence-corrected chi connectivity index (χ1v) is 9.55. The van der Waals surface area contributed by atoms with E-state index in [9.17, 15) is 0 Å². The van der Waals surface area contributed by atoms with Gasteiger partial charge >= 0.3 is 0 Å². The van der Waals surface area contributed by atoms with E-state index in [4.69, 9.17) is 4.74 Å². The van der Waals surface area contributed by atoms with Gasteiger partial charge in [-0.25, -0.2) is 0 Å². The molecule has 1 aliphatic rings. The zero-order valence-electron chi connectivity index (χ0n) is 16.6. The zero-order chi connectivity index (χ0) is 18.1. The number of likely N-dealkylation sites (tertiary alicyclic amines) is 1. The lowest BCUT2D eigenvalue weighted by atomic mass is 10.1. The van der Waals surface area contributed by atoms with E-state index in [1.165, 1.54) is 13.0 Å². The number of aliphatic imine (C=N–C) groups is 1. The molecule has 1 saturated heterocycles. The Labute approximate surface area is 176 Å². The Morgan fingerprint density at radius 3 is 2.62 bits per heavy atom. The lowest BCUT2D eigenvalue weighted by Gasteiger charge is -2.25. The van der Waals surface area contributed by atoms with Gasteiger partial charge < -0.3 is 19.9 Å². The first-order valence-electron chi connectivity index (χ1n) is 9.55. The van der Waals surface area contributed by atoms with Crippen LogP contribution in [0.1, 0.15) is 27.2 Å². The van der Waals surface area contributed by atoms with Crippen molar-refractivity contribution in [1.29, 1.82) is 0 Å². The molecule has 1 aromatic carbocycles. The number of hydrogen-bond acceptors (Lipinski definition) is 3. The van der Waals surface area contributed by atoms with E-state index < -0.39 is 0 Å². The highest BCUT2D eigenvalue weighted by Gasteiger charge is 2.26. The Balaban J connectivity index is 0.00000338. The van der Waals surface area contributed by atoms with Gasteiger partial charge in [-0.1, -0.05) is 32.0 Å². The molecule has 148 valence electrons. The Hall–Kier alpha value is -1.02. The molecule has 1 aliphatic heterocycles. The molecule has 5 nitrogen and oxygen atoms in total. The van der Waals surface area contributed by atoms with Crippen LogP contribution in [0.3, 0.4) is 0 Å². The first-order chi connectivity index (χ1) is 12.2. The number of benzene rings is 1. The zero-order valence-corrected chi connectivity index (χ0v) is 19.0. The van der Waals surface area contributed by atoms with Gasteiger partial charge in [0.1, 0.15) is 11.9 Å². The summed E-state index contributed by atoms with van der Waals surface area (Å²) < 4.78 is 5.93. The fourth-order valence-electron chi connectivity index (χ4n) is 3.36. The van der Waals surface area contributed by atoms with Gasteiger partial charge in [0.2, 0.25) is 0 Å². The van der Waals surface area contributed by atoms with E-state index in [0.29, 0.717) is 0 Å². The summed E-state index contributed by atoms with van der Waals surface area (Å²) in [4.78, 5) is 9.36. The van der Waals surface area contributed by atoms with Crippen molar-refractivity contribution in [2.24, 2.45) is 10.9 Å². The Kier molecular flexibility index (Phi) is 11.0. The fraction of sp³-hybridized carbons (Fsp3) is 0.650. The standard InChI is InChI=1S/C20H34N4O.HI/c1-5-23(6-2)15-18-12-13-24(16-18)20(21-4)22-14-17(3)25-19-10-8-7-9-11-19;/h7-11,17-18H,5-6,12-16H2,1-4H3,(H,21,22);1H. The van der Waals surface area contributed by atoms with Gasteiger partial charge in [0, 0.05) is 26.7 Å². The van der Waals surface area contributed by atoms with Gasteiger partial charge in [-0.15, -0.1) is 24.0 Å². The lowest BCUT2D eigenvalue weighted by Crippen LogP contribution is -2.44. The van der Waals surface area contributed by atoms with Crippen molar-refractivity contribution in [1.82, 2.24) is 15.1 Å². The highest BCUT2D eigenvalue weighted by Crippen LogP contribution is 2.17. The van der Waals surface area contributed by atoms with Crippen molar-refractivity contribution in [3.8, 4) is 5.75 Å². The number of para-hydroxylation sites is 1. The van der Waals surface area contributed by atoms with Crippen LogP contribution in [-0.4, -0.2) is 68.2 Å². The Bertz CT molecular complexity index is 522. The summed E-state index contributed by atoms with van der Waals surface area (Å²) in [7, 11) is 1.86. The van der Waals surface area contributed by atoms with E-state index in [1.54, 1.807) is 0 Å². The van der Waals surface area contributed by atoms with E-state index in [2.05, 4.69) is 40.9 Å². The number of hydrogen-bond donors (Lipinski definition) is 1. The van der Waals surface area contributed by atoms with E-state index in [1.807, 2.05) is 37.4 Å². The molecule has 1 aromatic rings. The molecule has 6 heteroatoms. The van der Waals surface area contributed by atoms with Crippen molar-refractivity contribution in [2.45, 2.75) is 33.3 Å². The molecule has 2 atom stereocenters. The summed E-state index contributed by atoms with van der Waals surface area (Å²) in [5.41, 5.74) is 0. The molecule has 1 heterocycles. The van der Waals surface area contributed by atoms with Crippen LogP contribution in [0.4, 0.5) is 0 Å². The molecule has 0 spiro atoms. The van der Waals surface area contributed by atoms with Crippen LogP contribution in [-0.2, 0) is 0 Å². The van der Waals surface area contributed by atoms with E-state index in [-0.39, 0.29) is 30.1 Å². The number of rotatable bonds is 8. The van der Waals surface area contributed by atoms with Crippen molar-refractivity contribution in [2.75, 3.05) is 46.3 Å². The monoisotopic (exact) mass is 474 g/mol. The molecule has 0 aromatic heterocycles. The molecule has 1 N–H and O–H groups in total. The minimum atomic E-state index is 0. The van der Waals surface area contributed by atoms with Crippen LogP contribution in [0.25, 0.3) is 0 Å². The number of nitrogens with one attached hydrogen (secondary N) is 1. The average Bonchev–Trinajstić information content (AvgIpc) is 3.09. The predicted molar refractivity (Wildman–Crippen MR) is 121 cm³/mol. The fourth-order valence-corrected chi connectivity index (χ4v) is 3.36. The van der Waals surface area contributed by atoms with E-state index in [0.717, 1.165) is 50.4 Å². The van der Waals surface area contributed by atoms with Crippen LogP contribution in [0, 0.1) is 5.92 Å². The third-order valence-electron chi connectivity index (χ3n) is 4.84. The van der Waals surface area contributed by atoms with Crippen LogP contribution in [0.2, 0.25) is 0 Å². The molecule has 0 aliphatic carbocycles. The summed E-state index contributed by atoms with van der Waals surface area (Å²) in [6.07, 6.45) is 1.33. The van der Waals surface area contributed by atoms with Crippen LogP contribution in [0.5, 0.6) is 5.75 Å². The molecule has 0 bridgehead atoms.